The molecule has 0 saturated carbocycles. The summed E-state index contributed by atoms with van der Waals surface area (Å²) in [5.74, 6) is 0.554. The summed E-state index contributed by atoms with van der Waals surface area (Å²) in [4.78, 5) is 33.3. The van der Waals surface area contributed by atoms with Crippen LogP contribution in [-0.4, -0.2) is 50.9 Å². The van der Waals surface area contributed by atoms with Crippen molar-refractivity contribution in [2.45, 2.75) is 50.7 Å². The van der Waals surface area contributed by atoms with Crippen LogP contribution in [0.3, 0.4) is 0 Å². The van der Waals surface area contributed by atoms with Gasteiger partial charge < -0.3 is 20.5 Å². The minimum Gasteiger partial charge on any atom is -0.342 e. The predicted molar refractivity (Wildman–Crippen MR) is 158 cm³/mol. The zero-order valence-electron chi connectivity index (χ0n) is 22.4. The Kier molecular flexibility index (Phi) is 8.73. The topological polar surface area (TPSA) is 93.2 Å². The van der Waals surface area contributed by atoms with Crippen LogP contribution in [0.4, 0.5) is 0 Å². The molecular weight excluding hydrogens is 510 g/mol. The molecule has 8 heteroatoms. The van der Waals surface area contributed by atoms with Gasteiger partial charge in [0.1, 0.15) is 11.9 Å². The Morgan fingerprint density at radius 2 is 1.54 bits per heavy atom. The number of halogens is 1. The summed E-state index contributed by atoms with van der Waals surface area (Å²) in [5, 5.41) is 2.93. The lowest BCUT2D eigenvalue weighted by atomic mass is 9.99. The minimum absolute atomic E-state index is 0. The first kappa shape index (κ1) is 28.3. The Morgan fingerprint density at radius 3 is 2.18 bits per heavy atom. The van der Waals surface area contributed by atoms with Crippen molar-refractivity contribution in [3.8, 4) is 11.4 Å². The van der Waals surface area contributed by atoms with Crippen molar-refractivity contribution in [2.24, 2.45) is 5.73 Å². The SMILES string of the molecule is CC(C)(N)C(=O)N[C@H](Cc1ccccc1)C(=O)N1CCC(n2c(-c3ccccc3)nc3ccccc32)CC1.Cl. The molecule has 0 spiro atoms. The Hall–Kier alpha value is -3.68. The molecule has 0 radical (unpaired) electrons. The Balaban J connectivity index is 0.00000353. The number of imidazole rings is 1. The van der Waals surface area contributed by atoms with E-state index in [2.05, 4.69) is 28.1 Å². The third kappa shape index (κ3) is 6.32. The first-order chi connectivity index (χ1) is 18.3. The number of nitrogens with one attached hydrogen (secondary N) is 1. The van der Waals surface area contributed by atoms with Crippen LogP contribution in [0, 0.1) is 0 Å². The van der Waals surface area contributed by atoms with Gasteiger partial charge in [-0.15, -0.1) is 12.4 Å². The number of hydrogen-bond acceptors (Lipinski definition) is 4. The van der Waals surface area contributed by atoms with Crippen molar-refractivity contribution in [1.29, 1.82) is 0 Å². The molecule has 2 heterocycles. The van der Waals surface area contributed by atoms with E-state index in [4.69, 9.17) is 10.7 Å². The summed E-state index contributed by atoms with van der Waals surface area (Å²) in [7, 11) is 0. The van der Waals surface area contributed by atoms with Crippen molar-refractivity contribution in [1.82, 2.24) is 19.8 Å². The number of hydrogen-bond donors (Lipinski definition) is 2. The highest BCUT2D eigenvalue weighted by Crippen LogP contribution is 2.33. The molecule has 1 atom stereocenters. The van der Waals surface area contributed by atoms with Crippen LogP contribution in [0.2, 0.25) is 0 Å². The largest absolute Gasteiger partial charge is 0.342 e. The van der Waals surface area contributed by atoms with Gasteiger partial charge >= 0.3 is 0 Å². The number of likely N-dealkylation sites (tertiary alicyclic amines) is 1. The molecule has 0 aliphatic carbocycles. The summed E-state index contributed by atoms with van der Waals surface area (Å²) in [6.07, 6.45) is 2.03. The van der Waals surface area contributed by atoms with Crippen molar-refractivity contribution in [3.05, 3.63) is 90.5 Å². The Morgan fingerprint density at radius 1 is 0.949 bits per heavy atom. The van der Waals surface area contributed by atoms with E-state index in [9.17, 15) is 9.59 Å². The van der Waals surface area contributed by atoms with Crippen LogP contribution < -0.4 is 11.1 Å². The first-order valence-electron chi connectivity index (χ1n) is 13.3. The number of carbonyl (C=O) groups is 2. The maximum Gasteiger partial charge on any atom is 0.245 e. The molecule has 1 aliphatic heterocycles. The van der Waals surface area contributed by atoms with E-state index < -0.39 is 11.6 Å². The average molecular weight is 546 g/mol. The zero-order chi connectivity index (χ0) is 26.7. The van der Waals surface area contributed by atoms with Gasteiger partial charge in [0.25, 0.3) is 0 Å². The maximum atomic E-state index is 13.7. The second-order valence-corrected chi connectivity index (χ2v) is 10.7. The Labute approximate surface area is 235 Å². The predicted octanol–water partition coefficient (Wildman–Crippen LogP) is 4.75. The van der Waals surface area contributed by atoms with E-state index in [1.165, 1.54) is 0 Å². The molecule has 1 saturated heterocycles. The van der Waals surface area contributed by atoms with Gasteiger partial charge in [0.2, 0.25) is 11.8 Å². The van der Waals surface area contributed by atoms with Crippen molar-refractivity contribution < 1.29 is 9.59 Å². The van der Waals surface area contributed by atoms with E-state index >= 15 is 0 Å². The molecule has 5 rings (SSSR count). The number of aromatic nitrogens is 2. The van der Waals surface area contributed by atoms with Gasteiger partial charge in [0.15, 0.2) is 0 Å². The van der Waals surface area contributed by atoms with Crippen molar-refractivity contribution in [3.63, 3.8) is 0 Å². The van der Waals surface area contributed by atoms with Gasteiger partial charge in [-0.3, -0.25) is 9.59 Å². The number of amides is 2. The third-order valence-electron chi connectivity index (χ3n) is 7.24. The van der Waals surface area contributed by atoms with E-state index in [1.54, 1.807) is 13.8 Å². The highest BCUT2D eigenvalue weighted by Gasteiger charge is 2.33. The fraction of sp³-hybridized carbons (Fsp3) is 0.323. The van der Waals surface area contributed by atoms with E-state index in [1.807, 2.05) is 71.6 Å². The van der Waals surface area contributed by atoms with E-state index in [0.717, 1.165) is 40.8 Å². The highest BCUT2D eigenvalue weighted by molar-refractivity contribution is 5.91. The number of nitrogens with two attached hydrogens (primary N) is 1. The third-order valence-corrected chi connectivity index (χ3v) is 7.24. The van der Waals surface area contributed by atoms with Gasteiger partial charge in [-0.25, -0.2) is 4.98 Å². The lowest BCUT2D eigenvalue weighted by Gasteiger charge is -2.36. The van der Waals surface area contributed by atoms with Crippen LogP contribution in [0.5, 0.6) is 0 Å². The maximum absolute atomic E-state index is 13.7. The normalized spacial score (nSPS) is 15.0. The molecule has 3 N–H and O–H groups in total. The van der Waals surface area contributed by atoms with Crippen LogP contribution in [0.1, 0.15) is 38.3 Å². The molecule has 3 aromatic carbocycles. The van der Waals surface area contributed by atoms with E-state index in [0.29, 0.717) is 19.5 Å². The molecule has 2 amide bonds. The van der Waals surface area contributed by atoms with Crippen LogP contribution in [0.25, 0.3) is 22.4 Å². The first-order valence-corrected chi connectivity index (χ1v) is 13.3. The number of para-hydroxylation sites is 2. The van der Waals surface area contributed by atoms with Gasteiger partial charge in [-0.2, -0.15) is 0 Å². The summed E-state index contributed by atoms with van der Waals surface area (Å²) < 4.78 is 2.34. The standard InChI is InChI=1S/C31H35N5O2.ClH/c1-31(2,32)30(38)34-26(21-22-11-5-3-6-12-22)29(37)35-19-17-24(18-20-35)36-27-16-10-9-15-25(27)33-28(36)23-13-7-4-8-14-23;/h3-16,24,26H,17-21,32H2,1-2H3,(H,34,38);1H/t26-;/m1./s1. The lowest BCUT2D eigenvalue weighted by Crippen LogP contribution is -2.57. The molecule has 0 unspecified atom stereocenters. The molecule has 1 aromatic heterocycles. The molecule has 204 valence electrons. The van der Waals surface area contributed by atoms with Crippen molar-refractivity contribution in [2.75, 3.05) is 13.1 Å². The molecule has 1 fully saturated rings. The summed E-state index contributed by atoms with van der Waals surface area (Å²) in [5.41, 5.74) is 9.12. The van der Waals surface area contributed by atoms with Gasteiger partial charge in [0.05, 0.1) is 16.6 Å². The number of carbonyl (C=O) groups excluding carboxylic acids is 2. The summed E-state index contributed by atoms with van der Waals surface area (Å²) in [6, 6.07) is 27.8. The molecular formula is C31H36ClN5O2. The van der Waals surface area contributed by atoms with Gasteiger partial charge in [0, 0.05) is 31.1 Å². The van der Waals surface area contributed by atoms with E-state index in [-0.39, 0.29) is 30.3 Å². The fourth-order valence-electron chi connectivity index (χ4n) is 5.16. The minimum atomic E-state index is -1.07. The second-order valence-electron chi connectivity index (χ2n) is 10.7. The van der Waals surface area contributed by atoms with Gasteiger partial charge in [-0.1, -0.05) is 72.8 Å². The molecule has 1 aliphatic rings. The summed E-state index contributed by atoms with van der Waals surface area (Å²) >= 11 is 0. The summed E-state index contributed by atoms with van der Waals surface area (Å²) in [6.45, 7) is 4.52. The zero-order valence-corrected chi connectivity index (χ0v) is 23.2. The Bertz CT molecular complexity index is 1410. The van der Waals surface area contributed by atoms with Crippen LogP contribution >= 0.6 is 12.4 Å². The lowest BCUT2D eigenvalue weighted by molar-refractivity contribution is -0.138. The quantitative estimate of drug-likeness (QED) is 0.350. The molecule has 7 nitrogen and oxygen atoms in total. The number of fused-ring (bicyclic) bond motifs is 1. The molecule has 39 heavy (non-hydrogen) atoms. The average Bonchev–Trinajstić information content (AvgIpc) is 3.32. The van der Waals surface area contributed by atoms with Gasteiger partial charge in [-0.05, 0) is 44.4 Å². The highest BCUT2D eigenvalue weighted by atomic mass is 35.5. The number of rotatable bonds is 7. The second kappa shape index (κ2) is 12.0. The van der Waals surface area contributed by atoms with Crippen LogP contribution in [0.15, 0.2) is 84.9 Å². The van der Waals surface area contributed by atoms with Crippen LogP contribution in [-0.2, 0) is 16.0 Å². The molecule has 4 aromatic rings. The monoisotopic (exact) mass is 545 g/mol. The molecule has 0 bridgehead atoms. The number of benzene rings is 3. The fourth-order valence-corrected chi connectivity index (χ4v) is 5.16. The number of nitrogens with zero attached hydrogens (tertiary/aromatic N) is 3. The van der Waals surface area contributed by atoms with Crippen molar-refractivity contribution >= 4 is 35.3 Å². The smallest absolute Gasteiger partial charge is 0.245 e. The number of piperidine rings is 1.